The van der Waals surface area contributed by atoms with Crippen molar-refractivity contribution < 1.29 is 9.47 Å². The molecule has 0 unspecified atom stereocenters. The number of halogens is 1. The molecule has 2 rings (SSSR count). The Morgan fingerprint density at radius 3 is 2.18 bits per heavy atom. The van der Waals surface area contributed by atoms with Crippen LogP contribution in [0.1, 0.15) is 0 Å². The van der Waals surface area contributed by atoms with E-state index in [4.69, 9.17) is 21.1 Å². The number of ether oxygens (including phenoxy) is 2. The van der Waals surface area contributed by atoms with Crippen LogP contribution in [0.15, 0.2) is 54.6 Å². The molecule has 0 saturated heterocycles. The molecule has 0 atom stereocenters. The van der Waals surface area contributed by atoms with Crippen LogP contribution >= 0.6 is 11.6 Å². The van der Waals surface area contributed by atoms with E-state index in [1.54, 1.807) is 6.07 Å². The predicted molar refractivity (Wildman–Crippen MR) is 68.9 cm³/mol. The van der Waals surface area contributed by atoms with Gasteiger partial charge in [0.1, 0.15) is 24.7 Å². The van der Waals surface area contributed by atoms with Crippen molar-refractivity contribution in [1.29, 1.82) is 0 Å². The summed E-state index contributed by atoms with van der Waals surface area (Å²) in [5.74, 6) is 1.53. The van der Waals surface area contributed by atoms with Crippen molar-refractivity contribution in [2.45, 2.75) is 0 Å². The zero-order chi connectivity index (χ0) is 11.9. The summed E-state index contributed by atoms with van der Waals surface area (Å²) in [4.78, 5) is 0. The minimum Gasteiger partial charge on any atom is -0.490 e. The Morgan fingerprint density at radius 2 is 1.41 bits per heavy atom. The van der Waals surface area contributed by atoms with Crippen LogP contribution in [-0.4, -0.2) is 13.2 Å². The summed E-state index contributed by atoms with van der Waals surface area (Å²) in [5, 5.41) is 0.618. The van der Waals surface area contributed by atoms with Gasteiger partial charge in [-0.3, -0.25) is 0 Å². The van der Waals surface area contributed by atoms with Gasteiger partial charge < -0.3 is 9.47 Å². The SMILES string of the molecule is Clc1ccccc1OCCOc1ccccc1. The molecule has 88 valence electrons. The van der Waals surface area contributed by atoms with E-state index in [2.05, 4.69) is 0 Å². The van der Waals surface area contributed by atoms with Gasteiger partial charge in [-0.1, -0.05) is 41.9 Å². The van der Waals surface area contributed by atoms with E-state index in [1.165, 1.54) is 0 Å². The van der Waals surface area contributed by atoms with Crippen LogP contribution in [0.25, 0.3) is 0 Å². The number of benzene rings is 2. The summed E-state index contributed by atoms with van der Waals surface area (Å²) in [6.45, 7) is 0.966. The fourth-order valence-electron chi connectivity index (χ4n) is 1.39. The standard InChI is InChI=1S/C14H13ClO2/c15-13-8-4-5-9-14(13)17-11-10-16-12-6-2-1-3-7-12/h1-9H,10-11H2. The molecule has 3 heteroatoms. The Labute approximate surface area is 106 Å². The molecular formula is C14H13ClO2. The van der Waals surface area contributed by atoms with Gasteiger partial charge in [-0.2, -0.15) is 0 Å². The zero-order valence-electron chi connectivity index (χ0n) is 9.30. The molecular weight excluding hydrogens is 236 g/mol. The average molecular weight is 249 g/mol. The Hall–Kier alpha value is -1.67. The largest absolute Gasteiger partial charge is 0.490 e. The zero-order valence-corrected chi connectivity index (χ0v) is 10.1. The average Bonchev–Trinajstić information content (AvgIpc) is 2.38. The van der Waals surface area contributed by atoms with Crippen LogP contribution < -0.4 is 9.47 Å². The maximum absolute atomic E-state index is 5.95. The number of rotatable bonds is 5. The molecule has 2 aromatic carbocycles. The highest BCUT2D eigenvalue weighted by molar-refractivity contribution is 6.32. The van der Waals surface area contributed by atoms with Gasteiger partial charge in [-0.05, 0) is 24.3 Å². The van der Waals surface area contributed by atoms with Gasteiger partial charge in [0.15, 0.2) is 0 Å². The summed E-state index contributed by atoms with van der Waals surface area (Å²) in [6, 6.07) is 17.0. The van der Waals surface area contributed by atoms with Gasteiger partial charge in [-0.15, -0.1) is 0 Å². The predicted octanol–water partition coefficient (Wildman–Crippen LogP) is 3.80. The molecule has 17 heavy (non-hydrogen) atoms. The lowest BCUT2D eigenvalue weighted by atomic mass is 10.3. The molecule has 0 saturated carbocycles. The molecule has 0 N–H and O–H groups in total. The maximum atomic E-state index is 5.95. The second-order valence-corrected chi connectivity index (χ2v) is 3.85. The van der Waals surface area contributed by atoms with E-state index < -0.39 is 0 Å². The molecule has 0 radical (unpaired) electrons. The fraction of sp³-hybridized carbons (Fsp3) is 0.143. The molecule has 0 aliphatic rings. The third-order valence-electron chi connectivity index (χ3n) is 2.19. The molecule has 2 nitrogen and oxygen atoms in total. The first kappa shape index (κ1) is 11.8. The van der Waals surface area contributed by atoms with Gasteiger partial charge in [-0.25, -0.2) is 0 Å². The molecule has 0 aliphatic carbocycles. The minimum absolute atomic E-state index is 0.471. The number of hydrogen-bond acceptors (Lipinski definition) is 2. The van der Waals surface area contributed by atoms with Gasteiger partial charge >= 0.3 is 0 Å². The lowest BCUT2D eigenvalue weighted by molar-refractivity contribution is 0.217. The summed E-state index contributed by atoms with van der Waals surface area (Å²) in [5.41, 5.74) is 0. The number of para-hydroxylation sites is 2. The summed E-state index contributed by atoms with van der Waals surface area (Å²) < 4.78 is 11.0. The monoisotopic (exact) mass is 248 g/mol. The lowest BCUT2D eigenvalue weighted by Gasteiger charge is -2.09. The van der Waals surface area contributed by atoms with Crippen molar-refractivity contribution in [3.8, 4) is 11.5 Å². The van der Waals surface area contributed by atoms with Gasteiger partial charge in [0.05, 0.1) is 5.02 Å². The van der Waals surface area contributed by atoms with Gasteiger partial charge in [0.25, 0.3) is 0 Å². The Morgan fingerprint density at radius 1 is 0.765 bits per heavy atom. The second kappa shape index (κ2) is 6.16. The van der Waals surface area contributed by atoms with E-state index in [0.717, 1.165) is 5.75 Å². The van der Waals surface area contributed by atoms with Crippen LogP contribution in [0, 0.1) is 0 Å². The highest BCUT2D eigenvalue weighted by Gasteiger charge is 1.99. The van der Waals surface area contributed by atoms with Crippen molar-refractivity contribution >= 4 is 11.6 Å². The third-order valence-corrected chi connectivity index (χ3v) is 2.50. The Bertz CT molecular complexity index is 457. The van der Waals surface area contributed by atoms with Gasteiger partial charge in [0.2, 0.25) is 0 Å². The molecule has 0 aliphatic heterocycles. The molecule has 0 bridgehead atoms. The highest BCUT2D eigenvalue weighted by Crippen LogP contribution is 2.22. The summed E-state index contributed by atoms with van der Waals surface area (Å²) in [7, 11) is 0. The van der Waals surface area contributed by atoms with Crippen molar-refractivity contribution in [1.82, 2.24) is 0 Å². The fourth-order valence-corrected chi connectivity index (χ4v) is 1.58. The molecule has 0 fully saturated rings. The normalized spacial score (nSPS) is 9.94. The van der Waals surface area contributed by atoms with Crippen LogP contribution in [-0.2, 0) is 0 Å². The van der Waals surface area contributed by atoms with Crippen LogP contribution in [0.5, 0.6) is 11.5 Å². The third kappa shape index (κ3) is 3.68. The highest BCUT2D eigenvalue weighted by atomic mass is 35.5. The molecule has 0 amide bonds. The van der Waals surface area contributed by atoms with Crippen molar-refractivity contribution in [3.63, 3.8) is 0 Å². The maximum Gasteiger partial charge on any atom is 0.138 e. The van der Waals surface area contributed by atoms with Gasteiger partial charge in [0, 0.05) is 0 Å². The molecule has 0 aromatic heterocycles. The van der Waals surface area contributed by atoms with E-state index in [0.29, 0.717) is 24.0 Å². The first-order chi connectivity index (χ1) is 8.36. The van der Waals surface area contributed by atoms with Crippen molar-refractivity contribution in [3.05, 3.63) is 59.6 Å². The topological polar surface area (TPSA) is 18.5 Å². The van der Waals surface area contributed by atoms with Crippen molar-refractivity contribution in [2.75, 3.05) is 13.2 Å². The summed E-state index contributed by atoms with van der Waals surface area (Å²) in [6.07, 6.45) is 0. The quantitative estimate of drug-likeness (QED) is 0.750. The Balaban J connectivity index is 1.76. The minimum atomic E-state index is 0.471. The van der Waals surface area contributed by atoms with Crippen LogP contribution in [0.2, 0.25) is 5.02 Å². The van der Waals surface area contributed by atoms with E-state index in [1.807, 2.05) is 48.5 Å². The molecule has 0 spiro atoms. The van der Waals surface area contributed by atoms with E-state index in [9.17, 15) is 0 Å². The summed E-state index contributed by atoms with van der Waals surface area (Å²) >= 11 is 5.95. The second-order valence-electron chi connectivity index (χ2n) is 3.44. The lowest BCUT2D eigenvalue weighted by Crippen LogP contribution is -2.09. The van der Waals surface area contributed by atoms with Crippen LogP contribution in [0.4, 0.5) is 0 Å². The van der Waals surface area contributed by atoms with Crippen molar-refractivity contribution in [2.24, 2.45) is 0 Å². The van der Waals surface area contributed by atoms with E-state index >= 15 is 0 Å². The van der Waals surface area contributed by atoms with E-state index in [-0.39, 0.29) is 0 Å². The first-order valence-corrected chi connectivity index (χ1v) is 5.79. The number of hydrogen-bond donors (Lipinski definition) is 0. The molecule has 2 aromatic rings. The smallest absolute Gasteiger partial charge is 0.138 e. The first-order valence-electron chi connectivity index (χ1n) is 5.41. The molecule has 0 heterocycles. The van der Waals surface area contributed by atoms with Crippen LogP contribution in [0.3, 0.4) is 0 Å². The Kier molecular flexibility index (Phi) is 4.28.